The predicted octanol–water partition coefficient (Wildman–Crippen LogP) is 4.42. The quantitative estimate of drug-likeness (QED) is 0.680. The normalized spacial score (nSPS) is 18.3. The van der Waals surface area contributed by atoms with Crippen LogP contribution in [-0.2, 0) is 4.79 Å². The van der Waals surface area contributed by atoms with Crippen molar-refractivity contribution in [3.63, 3.8) is 0 Å². The Kier molecular flexibility index (Phi) is 6.65. The third kappa shape index (κ3) is 4.89. The van der Waals surface area contributed by atoms with Crippen LogP contribution in [0.4, 0.5) is 13.2 Å². The topological polar surface area (TPSA) is 32.3 Å². The lowest BCUT2D eigenvalue weighted by atomic mass is 9.75. The smallest absolute Gasteiger partial charge is 0.348 e. The monoisotopic (exact) mass is 378 g/mol. The van der Waals surface area contributed by atoms with E-state index in [2.05, 4.69) is 18.1 Å². The summed E-state index contributed by atoms with van der Waals surface area (Å²) in [7, 11) is 0. The summed E-state index contributed by atoms with van der Waals surface area (Å²) in [5.74, 6) is -1.88. The van der Waals surface area contributed by atoms with E-state index >= 15 is 0 Å². The number of alkyl halides is 3. The van der Waals surface area contributed by atoms with Crippen LogP contribution in [0.5, 0.6) is 0 Å². The Morgan fingerprint density at radius 3 is 2.41 bits per heavy atom. The van der Waals surface area contributed by atoms with Gasteiger partial charge in [0.05, 0.1) is 6.04 Å². The van der Waals surface area contributed by atoms with Crippen molar-refractivity contribution in [3.8, 4) is 0 Å². The Morgan fingerprint density at radius 2 is 1.93 bits per heavy atom. The molecule has 0 spiro atoms. The highest BCUT2D eigenvalue weighted by Crippen LogP contribution is 2.42. The van der Waals surface area contributed by atoms with E-state index in [9.17, 15) is 18.0 Å². The summed E-state index contributed by atoms with van der Waals surface area (Å²) in [5.41, 5.74) is 1.68. The number of allylic oxidation sites excluding steroid dienone is 2. The van der Waals surface area contributed by atoms with Crippen molar-refractivity contribution in [1.82, 2.24) is 10.2 Å². The van der Waals surface area contributed by atoms with Gasteiger partial charge >= 0.3 is 12.1 Å². The first-order valence-electron chi connectivity index (χ1n) is 8.85. The number of hydrogen-bond donors (Lipinski definition) is 1. The molecule has 1 amide bonds. The molecule has 0 radical (unpaired) electrons. The number of nitrogens with zero attached hydrogens (tertiary/aromatic N) is 1. The van der Waals surface area contributed by atoms with Crippen molar-refractivity contribution in [1.29, 1.82) is 0 Å². The van der Waals surface area contributed by atoms with Crippen molar-refractivity contribution < 1.29 is 18.0 Å². The van der Waals surface area contributed by atoms with E-state index < -0.39 is 12.1 Å². The molecule has 1 atom stereocenters. The van der Waals surface area contributed by atoms with E-state index in [-0.39, 0.29) is 18.0 Å². The number of benzene rings is 1. The van der Waals surface area contributed by atoms with Gasteiger partial charge in [-0.15, -0.1) is 0 Å². The molecule has 1 fully saturated rings. The first-order chi connectivity index (χ1) is 12.8. The fourth-order valence-corrected chi connectivity index (χ4v) is 3.48. The van der Waals surface area contributed by atoms with Gasteiger partial charge in [0.1, 0.15) is 0 Å². The lowest BCUT2D eigenvalue weighted by molar-refractivity contribution is -0.174. The molecule has 1 unspecified atom stereocenters. The zero-order valence-corrected chi connectivity index (χ0v) is 15.4. The van der Waals surface area contributed by atoms with Crippen molar-refractivity contribution in [2.75, 3.05) is 19.6 Å². The summed E-state index contributed by atoms with van der Waals surface area (Å²) in [4.78, 5) is 13.4. The molecule has 0 saturated carbocycles. The highest BCUT2D eigenvalue weighted by atomic mass is 19.4. The molecule has 0 bridgehead atoms. The fraction of sp³-hybridized carbons (Fsp3) is 0.381. The van der Waals surface area contributed by atoms with Crippen LogP contribution in [0.15, 0.2) is 67.3 Å². The summed E-state index contributed by atoms with van der Waals surface area (Å²) < 4.78 is 37.4. The fourth-order valence-electron chi connectivity index (χ4n) is 3.48. The van der Waals surface area contributed by atoms with Crippen LogP contribution in [0, 0.1) is 5.41 Å². The molecule has 146 valence electrons. The van der Waals surface area contributed by atoms with Gasteiger partial charge in [-0.2, -0.15) is 13.2 Å². The Labute approximate surface area is 158 Å². The molecular weight excluding hydrogens is 353 g/mol. The molecule has 1 aliphatic rings. The van der Waals surface area contributed by atoms with Crippen LogP contribution < -0.4 is 5.32 Å². The average Bonchev–Trinajstić information content (AvgIpc) is 2.62. The number of amides is 1. The molecule has 1 saturated heterocycles. The molecule has 0 aromatic heterocycles. The number of hydrogen-bond acceptors (Lipinski definition) is 2. The van der Waals surface area contributed by atoms with Gasteiger partial charge in [0, 0.05) is 25.0 Å². The van der Waals surface area contributed by atoms with E-state index in [1.165, 1.54) is 0 Å². The minimum atomic E-state index is -4.85. The molecule has 1 aliphatic heterocycles. The summed E-state index contributed by atoms with van der Waals surface area (Å²) in [6.45, 7) is 10.7. The zero-order valence-electron chi connectivity index (χ0n) is 15.4. The largest absolute Gasteiger partial charge is 0.471 e. The predicted molar refractivity (Wildman–Crippen MR) is 101 cm³/mol. The maximum Gasteiger partial charge on any atom is 0.471 e. The van der Waals surface area contributed by atoms with Gasteiger partial charge in [0.2, 0.25) is 0 Å². The van der Waals surface area contributed by atoms with Crippen LogP contribution in [-0.4, -0.2) is 36.6 Å². The van der Waals surface area contributed by atoms with Crippen molar-refractivity contribution in [2.24, 2.45) is 5.41 Å². The third-order valence-corrected chi connectivity index (χ3v) is 5.05. The van der Waals surface area contributed by atoms with Crippen LogP contribution in [0.3, 0.4) is 0 Å². The second-order valence-electron chi connectivity index (χ2n) is 6.86. The second-order valence-corrected chi connectivity index (χ2v) is 6.86. The minimum absolute atomic E-state index is 0.00838. The van der Waals surface area contributed by atoms with Gasteiger partial charge in [-0.25, -0.2) is 0 Å². The number of nitrogens with one attached hydrogen (secondary N) is 1. The summed E-state index contributed by atoms with van der Waals surface area (Å²) >= 11 is 0. The number of carbonyl (C=O) groups excluding carboxylic acids is 1. The Morgan fingerprint density at radius 1 is 1.30 bits per heavy atom. The molecule has 1 aromatic rings. The van der Waals surface area contributed by atoms with Gasteiger partial charge in [0.15, 0.2) is 0 Å². The second kappa shape index (κ2) is 8.57. The molecule has 1 aromatic carbocycles. The lowest BCUT2D eigenvalue weighted by Gasteiger charge is -2.53. The Bertz CT molecular complexity index is 704. The van der Waals surface area contributed by atoms with Crippen LogP contribution >= 0.6 is 0 Å². The summed E-state index contributed by atoms with van der Waals surface area (Å²) in [6.07, 6.45) is 1.19. The summed E-state index contributed by atoms with van der Waals surface area (Å²) in [5, 5.41) is 2.04. The highest BCUT2D eigenvalue weighted by Gasteiger charge is 2.47. The van der Waals surface area contributed by atoms with Crippen LogP contribution in [0.25, 0.3) is 0 Å². The highest BCUT2D eigenvalue weighted by molar-refractivity contribution is 5.81. The number of likely N-dealkylation sites (tertiary alicyclic amines) is 1. The third-order valence-electron chi connectivity index (χ3n) is 5.05. The molecule has 0 aliphatic carbocycles. The van der Waals surface area contributed by atoms with E-state index in [1.807, 2.05) is 48.6 Å². The van der Waals surface area contributed by atoms with Crippen LogP contribution in [0.2, 0.25) is 0 Å². The first kappa shape index (κ1) is 21.0. The van der Waals surface area contributed by atoms with Gasteiger partial charge in [0.25, 0.3) is 0 Å². The standard InChI is InChI=1S/C21H25F3N2O/c1-4-10-16(5-2)18(17-11-8-7-9-12-17)26-14-20(6-3,15-26)13-25-19(27)21(22,23)24/h4-5,7-12,18H,1-2,6,13-15H2,3H3,(H,25,27)/b16-10+. The van der Waals surface area contributed by atoms with Crippen molar-refractivity contribution >= 4 is 5.91 Å². The van der Waals surface area contributed by atoms with Gasteiger partial charge < -0.3 is 5.32 Å². The molecule has 2 rings (SSSR count). The molecule has 1 N–H and O–H groups in total. The van der Waals surface area contributed by atoms with Crippen molar-refractivity contribution in [3.05, 3.63) is 72.9 Å². The molecular formula is C21H25F3N2O. The van der Waals surface area contributed by atoms with E-state index in [0.717, 1.165) is 11.1 Å². The molecule has 3 nitrogen and oxygen atoms in total. The Hall–Kier alpha value is -2.34. The van der Waals surface area contributed by atoms with E-state index in [0.29, 0.717) is 19.5 Å². The summed E-state index contributed by atoms with van der Waals surface area (Å²) in [6, 6.07) is 9.82. The van der Waals surface area contributed by atoms with Gasteiger partial charge in [-0.3, -0.25) is 9.69 Å². The molecule has 27 heavy (non-hydrogen) atoms. The SMILES string of the molecule is C=C/C=C(\C=C)C(c1ccccc1)N1CC(CC)(CNC(=O)C(F)(F)F)C1. The first-order valence-corrected chi connectivity index (χ1v) is 8.85. The average molecular weight is 378 g/mol. The van der Waals surface area contributed by atoms with Gasteiger partial charge in [-0.05, 0) is 17.6 Å². The van der Waals surface area contributed by atoms with Gasteiger partial charge in [-0.1, -0.05) is 68.6 Å². The van der Waals surface area contributed by atoms with E-state index in [4.69, 9.17) is 0 Å². The molecule has 6 heteroatoms. The number of carbonyl (C=O) groups is 1. The van der Waals surface area contributed by atoms with Crippen molar-refractivity contribution in [2.45, 2.75) is 25.6 Å². The number of halogens is 3. The van der Waals surface area contributed by atoms with Crippen LogP contribution in [0.1, 0.15) is 24.9 Å². The Balaban J connectivity index is 2.16. The lowest BCUT2D eigenvalue weighted by Crippen LogP contribution is -2.62. The maximum atomic E-state index is 12.5. The zero-order chi connectivity index (χ0) is 20.1. The molecule has 1 heterocycles. The number of rotatable bonds is 8. The maximum absolute atomic E-state index is 12.5. The van der Waals surface area contributed by atoms with E-state index in [1.54, 1.807) is 12.2 Å². The minimum Gasteiger partial charge on any atom is -0.348 e.